The Morgan fingerprint density at radius 2 is 2.36 bits per heavy atom. The number of nitrogens with one attached hydrogen (secondary N) is 1. The van der Waals surface area contributed by atoms with Crippen LogP contribution < -0.4 is 11.2 Å². The normalized spacial score (nSPS) is 28.8. The molecular formula is C9H17N3O2. The predicted molar refractivity (Wildman–Crippen MR) is 54.0 cm³/mol. The molecule has 1 aliphatic heterocycles. The van der Waals surface area contributed by atoms with Crippen molar-refractivity contribution in [3.63, 3.8) is 0 Å². The first-order chi connectivity index (χ1) is 6.42. The van der Waals surface area contributed by atoms with E-state index in [2.05, 4.69) is 10.5 Å². The number of hydrogen-bond acceptors (Lipinski definition) is 3. The molecule has 3 N–H and O–H groups in total. The van der Waals surface area contributed by atoms with E-state index in [9.17, 15) is 4.79 Å². The van der Waals surface area contributed by atoms with E-state index in [1.54, 1.807) is 0 Å². The van der Waals surface area contributed by atoms with E-state index in [0.717, 1.165) is 18.6 Å². The zero-order valence-electron chi connectivity index (χ0n) is 8.83. The summed E-state index contributed by atoms with van der Waals surface area (Å²) in [7, 11) is 0. The number of hydrogen-bond donors (Lipinski definition) is 2. The fourth-order valence-electron chi connectivity index (χ4n) is 1.58. The fourth-order valence-corrected chi connectivity index (χ4v) is 1.58. The lowest BCUT2D eigenvalue weighted by Gasteiger charge is -2.35. The summed E-state index contributed by atoms with van der Waals surface area (Å²) in [5.74, 6) is 0. The molecule has 0 spiro atoms. The number of rotatable bonds is 1. The van der Waals surface area contributed by atoms with E-state index in [1.807, 2.05) is 20.8 Å². The van der Waals surface area contributed by atoms with Crippen molar-refractivity contribution >= 4 is 11.7 Å². The van der Waals surface area contributed by atoms with Gasteiger partial charge in [-0.25, -0.2) is 10.2 Å². The summed E-state index contributed by atoms with van der Waals surface area (Å²) >= 11 is 0. The molecule has 14 heavy (non-hydrogen) atoms. The number of urea groups is 1. The summed E-state index contributed by atoms with van der Waals surface area (Å²) in [6.45, 7) is 5.90. The fraction of sp³-hybridized carbons (Fsp3) is 0.778. The highest BCUT2D eigenvalue weighted by Gasteiger charge is 2.32. The molecule has 2 amide bonds. The number of amides is 2. The number of nitrogens with two attached hydrogens (primary N) is 1. The summed E-state index contributed by atoms with van der Waals surface area (Å²) in [6.07, 6.45) is 1.98. The van der Waals surface area contributed by atoms with E-state index in [4.69, 9.17) is 10.5 Å². The Bertz CT molecular complexity index is 261. The summed E-state index contributed by atoms with van der Waals surface area (Å²) < 4.78 is 5.70. The van der Waals surface area contributed by atoms with E-state index in [-0.39, 0.29) is 6.10 Å². The first-order valence-electron chi connectivity index (χ1n) is 4.72. The maximum absolute atomic E-state index is 10.5. The third-order valence-corrected chi connectivity index (χ3v) is 2.28. The third-order valence-electron chi connectivity index (χ3n) is 2.28. The van der Waals surface area contributed by atoms with Gasteiger partial charge in [0.1, 0.15) is 5.60 Å². The molecule has 1 atom stereocenters. The second-order valence-corrected chi connectivity index (χ2v) is 4.01. The molecule has 1 fully saturated rings. The Labute approximate surface area is 83.7 Å². The zero-order chi connectivity index (χ0) is 10.8. The van der Waals surface area contributed by atoms with Crippen LogP contribution in [-0.4, -0.2) is 23.4 Å². The van der Waals surface area contributed by atoms with Gasteiger partial charge < -0.3 is 10.5 Å². The number of carbonyl (C=O) groups excluding carboxylic acids is 1. The average Bonchev–Trinajstić information content (AvgIpc) is 2.00. The van der Waals surface area contributed by atoms with Gasteiger partial charge in [0.25, 0.3) is 0 Å². The van der Waals surface area contributed by atoms with Gasteiger partial charge in [-0.1, -0.05) is 0 Å². The molecule has 80 valence electrons. The van der Waals surface area contributed by atoms with Gasteiger partial charge in [0.2, 0.25) is 0 Å². The van der Waals surface area contributed by atoms with Crippen molar-refractivity contribution in [1.29, 1.82) is 0 Å². The van der Waals surface area contributed by atoms with Gasteiger partial charge in [-0.3, -0.25) is 0 Å². The smallest absolute Gasteiger partial charge is 0.332 e. The average molecular weight is 199 g/mol. The molecule has 0 aliphatic carbocycles. The molecule has 5 heteroatoms. The van der Waals surface area contributed by atoms with Gasteiger partial charge in [-0.2, -0.15) is 5.10 Å². The number of primary amides is 1. The molecule has 1 aliphatic rings. The number of ether oxygens (including phenoxy) is 1. The third kappa shape index (κ3) is 2.70. The van der Waals surface area contributed by atoms with Crippen LogP contribution in [0, 0.1) is 0 Å². The molecule has 0 saturated carbocycles. The van der Waals surface area contributed by atoms with Crippen LogP contribution in [0.5, 0.6) is 0 Å². The first kappa shape index (κ1) is 11.0. The van der Waals surface area contributed by atoms with Crippen molar-refractivity contribution in [1.82, 2.24) is 5.43 Å². The standard InChI is InChI=1S/C9H17N3O2/c1-6-4-5-7(9(2,3)14-6)11-12-8(10)13/h6H,4-5H2,1-3H3,(H3,10,12,13)/b11-7-. The highest BCUT2D eigenvalue weighted by molar-refractivity contribution is 5.93. The highest BCUT2D eigenvalue weighted by atomic mass is 16.5. The van der Waals surface area contributed by atoms with Crippen molar-refractivity contribution in [2.45, 2.75) is 45.3 Å². The van der Waals surface area contributed by atoms with Crippen LogP contribution in [0.15, 0.2) is 5.10 Å². The van der Waals surface area contributed by atoms with Gasteiger partial charge in [0.05, 0.1) is 11.8 Å². The summed E-state index contributed by atoms with van der Waals surface area (Å²) in [4.78, 5) is 10.5. The largest absolute Gasteiger partial charge is 0.367 e. The van der Waals surface area contributed by atoms with E-state index >= 15 is 0 Å². The predicted octanol–water partition coefficient (Wildman–Crippen LogP) is 0.988. The molecule has 0 aromatic rings. The van der Waals surface area contributed by atoms with Crippen LogP contribution in [-0.2, 0) is 4.74 Å². The maximum atomic E-state index is 10.5. The monoisotopic (exact) mass is 199 g/mol. The van der Waals surface area contributed by atoms with E-state index in [0.29, 0.717) is 0 Å². The van der Waals surface area contributed by atoms with Crippen LogP contribution in [0.4, 0.5) is 4.79 Å². The Morgan fingerprint density at radius 3 is 2.86 bits per heavy atom. The second kappa shape index (κ2) is 3.96. The molecule has 1 heterocycles. The van der Waals surface area contributed by atoms with Crippen LogP contribution >= 0.6 is 0 Å². The number of nitrogens with zero attached hydrogens (tertiary/aromatic N) is 1. The molecule has 1 unspecified atom stereocenters. The Kier molecular flexibility index (Phi) is 3.10. The van der Waals surface area contributed by atoms with Crippen molar-refractivity contribution in [2.24, 2.45) is 10.8 Å². The lowest BCUT2D eigenvalue weighted by molar-refractivity contribution is -0.0368. The molecule has 0 aromatic heterocycles. The number of hydrazone groups is 1. The Morgan fingerprint density at radius 1 is 1.71 bits per heavy atom. The van der Waals surface area contributed by atoms with Crippen molar-refractivity contribution in [2.75, 3.05) is 0 Å². The van der Waals surface area contributed by atoms with E-state index < -0.39 is 11.6 Å². The van der Waals surface area contributed by atoms with Crippen LogP contribution in [0.25, 0.3) is 0 Å². The Hall–Kier alpha value is -1.10. The maximum Gasteiger partial charge on any atom is 0.332 e. The number of carbonyl (C=O) groups is 1. The summed E-state index contributed by atoms with van der Waals surface area (Å²) in [5, 5.41) is 3.94. The van der Waals surface area contributed by atoms with Crippen molar-refractivity contribution in [3.8, 4) is 0 Å². The topological polar surface area (TPSA) is 76.7 Å². The van der Waals surface area contributed by atoms with Gasteiger partial charge in [-0.15, -0.1) is 0 Å². The molecule has 0 radical (unpaired) electrons. The lowest BCUT2D eigenvalue weighted by Crippen LogP contribution is -2.44. The van der Waals surface area contributed by atoms with Gasteiger partial charge >= 0.3 is 6.03 Å². The second-order valence-electron chi connectivity index (χ2n) is 4.01. The zero-order valence-corrected chi connectivity index (χ0v) is 8.83. The quantitative estimate of drug-likeness (QED) is 0.618. The molecule has 0 bridgehead atoms. The minimum absolute atomic E-state index is 0.234. The SMILES string of the molecule is CC1CC/C(=N/NC(N)=O)C(C)(C)O1. The molecule has 1 saturated heterocycles. The van der Waals surface area contributed by atoms with Crippen LogP contribution in [0.1, 0.15) is 33.6 Å². The van der Waals surface area contributed by atoms with E-state index in [1.165, 1.54) is 0 Å². The molecule has 1 rings (SSSR count). The van der Waals surface area contributed by atoms with Crippen molar-refractivity contribution < 1.29 is 9.53 Å². The minimum atomic E-state index is -0.646. The van der Waals surface area contributed by atoms with Gasteiger partial charge in [0.15, 0.2) is 0 Å². The summed E-state index contributed by atoms with van der Waals surface area (Å²) in [6, 6.07) is -0.646. The highest BCUT2D eigenvalue weighted by Crippen LogP contribution is 2.25. The van der Waals surface area contributed by atoms with Gasteiger partial charge in [0, 0.05) is 0 Å². The summed E-state index contributed by atoms with van der Waals surface area (Å²) in [5.41, 5.74) is 7.57. The molecule has 0 aromatic carbocycles. The molecular weight excluding hydrogens is 182 g/mol. The minimum Gasteiger partial charge on any atom is -0.367 e. The Balaban J connectivity index is 2.68. The van der Waals surface area contributed by atoms with Crippen LogP contribution in [0.2, 0.25) is 0 Å². The van der Waals surface area contributed by atoms with Crippen molar-refractivity contribution in [3.05, 3.63) is 0 Å². The first-order valence-corrected chi connectivity index (χ1v) is 4.72. The molecule has 5 nitrogen and oxygen atoms in total. The van der Waals surface area contributed by atoms with Gasteiger partial charge in [-0.05, 0) is 33.6 Å². The van der Waals surface area contributed by atoms with Crippen LogP contribution in [0.3, 0.4) is 0 Å². The lowest BCUT2D eigenvalue weighted by atomic mass is 9.93.